The maximum atomic E-state index is 12.2. The number of hydrogen-bond acceptors (Lipinski definition) is 2. The van der Waals surface area contributed by atoms with Crippen LogP contribution in [0.3, 0.4) is 0 Å². The summed E-state index contributed by atoms with van der Waals surface area (Å²) in [7, 11) is 0. The Kier molecular flexibility index (Phi) is 4.69. The lowest BCUT2D eigenvalue weighted by Crippen LogP contribution is -2.23. The van der Waals surface area contributed by atoms with Gasteiger partial charge in [-0.2, -0.15) is 0 Å². The van der Waals surface area contributed by atoms with Crippen molar-refractivity contribution < 1.29 is 4.79 Å². The van der Waals surface area contributed by atoms with Gasteiger partial charge in [0.2, 0.25) is 0 Å². The summed E-state index contributed by atoms with van der Waals surface area (Å²) < 4.78 is 0. The summed E-state index contributed by atoms with van der Waals surface area (Å²) in [5, 5.41) is 3.84. The van der Waals surface area contributed by atoms with Crippen LogP contribution in [0.4, 0.5) is 5.69 Å². The molecule has 2 N–H and O–H groups in total. The van der Waals surface area contributed by atoms with Crippen molar-refractivity contribution in [2.24, 2.45) is 0 Å². The molecular formula is C18H12Cl2N2O2. The van der Waals surface area contributed by atoms with Crippen molar-refractivity contribution in [3.8, 4) is 11.3 Å². The number of carbonyl (C=O) groups excluding carboxylic acids is 1. The number of hydrogen-bond donors (Lipinski definition) is 2. The number of benzene rings is 2. The monoisotopic (exact) mass is 358 g/mol. The minimum atomic E-state index is -0.485. The summed E-state index contributed by atoms with van der Waals surface area (Å²) in [5.41, 5.74) is 1.54. The molecule has 0 aliphatic rings. The van der Waals surface area contributed by atoms with Gasteiger partial charge in [0.05, 0.1) is 0 Å². The molecule has 1 heterocycles. The molecule has 4 nitrogen and oxygen atoms in total. The molecule has 0 unspecified atom stereocenters. The van der Waals surface area contributed by atoms with Crippen LogP contribution in [0.25, 0.3) is 11.3 Å². The quantitative estimate of drug-likeness (QED) is 0.718. The average Bonchev–Trinajstić information content (AvgIpc) is 2.57. The normalized spacial score (nSPS) is 10.4. The number of H-pyrrole nitrogens is 1. The van der Waals surface area contributed by atoms with E-state index in [1.165, 1.54) is 6.07 Å². The van der Waals surface area contributed by atoms with Crippen LogP contribution in [0, 0.1) is 0 Å². The van der Waals surface area contributed by atoms with Crippen LogP contribution >= 0.6 is 23.2 Å². The molecule has 0 atom stereocenters. The number of carbonyl (C=O) groups is 1. The van der Waals surface area contributed by atoms with Gasteiger partial charge in [-0.05, 0) is 54.1 Å². The Morgan fingerprint density at radius 3 is 2.00 bits per heavy atom. The molecule has 3 aromatic rings. The first kappa shape index (κ1) is 16.3. The van der Waals surface area contributed by atoms with E-state index in [2.05, 4.69) is 10.3 Å². The van der Waals surface area contributed by atoms with Crippen LogP contribution < -0.4 is 10.9 Å². The van der Waals surface area contributed by atoms with E-state index in [1.807, 2.05) is 0 Å². The molecule has 6 heteroatoms. The van der Waals surface area contributed by atoms with Crippen LogP contribution in [0.1, 0.15) is 10.4 Å². The van der Waals surface area contributed by atoms with Gasteiger partial charge in [-0.3, -0.25) is 9.59 Å². The number of nitrogens with one attached hydrogen (secondary N) is 2. The highest BCUT2D eigenvalue weighted by Gasteiger charge is 2.12. The molecule has 24 heavy (non-hydrogen) atoms. The van der Waals surface area contributed by atoms with E-state index >= 15 is 0 Å². The van der Waals surface area contributed by atoms with Gasteiger partial charge in [0.25, 0.3) is 11.5 Å². The lowest BCUT2D eigenvalue weighted by molar-refractivity contribution is 0.102. The van der Waals surface area contributed by atoms with E-state index in [0.717, 1.165) is 5.56 Å². The molecule has 120 valence electrons. The van der Waals surface area contributed by atoms with E-state index in [-0.39, 0.29) is 5.56 Å². The molecule has 0 spiro atoms. The SMILES string of the molecule is O=C(Nc1ccc(Cl)cc1)c1ccc(-c2ccc(Cl)cc2)[nH]c1=O. The molecule has 0 aliphatic carbocycles. The first-order valence-electron chi connectivity index (χ1n) is 7.09. The minimum Gasteiger partial charge on any atom is -0.322 e. The number of halogens is 2. The van der Waals surface area contributed by atoms with Crippen LogP contribution in [-0.4, -0.2) is 10.9 Å². The molecule has 3 rings (SSSR count). The number of rotatable bonds is 3. The highest BCUT2D eigenvalue weighted by molar-refractivity contribution is 6.31. The Balaban J connectivity index is 1.84. The Hall–Kier alpha value is -2.56. The van der Waals surface area contributed by atoms with Crippen molar-refractivity contribution in [2.75, 3.05) is 5.32 Å². The molecule has 0 fully saturated rings. The van der Waals surface area contributed by atoms with Gasteiger partial charge in [0, 0.05) is 21.4 Å². The molecular weight excluding hydrogens is 347 g/mol. The van der Waals surface area contributed by atoms with Gasteiger partial charge < -0.3 is 10.3 Å². The van der Waals surface area contributed by atoms with E-state index in [1.54, 1.807) is 54.6 Å². The largest absolute Gasteiger partial charge is 0.322 e. The second-order valence-electron chi connectivity index (χ2n) is 5.08. The van der Waals surface area contributed by atoms with Crippen LogP contribution in [0.15, 0.2) is 65.5 Å². The summed E-state index contributed by atoms with van der Waals surface area (Å²) in [6.07, 6.45) is 0. The number of pyridine rings is 1. The van der Waals surface area contributed by atoms with E-state index < -0.39 is 11.5 Å². The van der Waals surface area contributed by atoms with Crippen LogP contribution in [0.5, 0.6) is 0 Å². The summed E-state index contributed by atoms with van der Waals surface area (Å²) in [6, 6.07) is 16.9. The van der Waals surface area contributed by atoms with Crippen molar-refractivity contribution in [1.82, 2.24) is 4.98 Å². The van der Waals surface area contributed by atoms with E-state index in [4.69, 9.17) is 23.2 Å². The maximum absolute atomic E-state index is 12.2. The maximum Gasteiger partial charge on any atom is 0.261 e. The third-order valence-electron chi connectivity index (χ3n) is 3.41. The molecule has 2 aromatic carbocycles. The molecule has 1 amide bonds. The first-order chi connectivity index (χ1) is 11.5. The lowest BCUT2D eigenvalue weighted by Gasteiger charge is -2.06. The van der Waals surface area contributed by atoms with Crippen LogP contribution in [-0.2, 0) is 0 Å². The molecule has 0 aliphatic heterocycles. The van der Waals surface area contributed by atoms with Gasteiger partial charge in [0.15, 0.2) is 0 Å². The zero-order chi connectivity index (χ0) is 17.1. The zero-order valence-electron chi connectivity index (χ0n) is 12.3. The fraction of sp³-hybridized carbons (Fsp3) is 0. The molecule has 0 radical (unpaired) electrons. The fourth-order valence-corrected chi connectivity index (χ4v) is 2.43. The molecule has 0 bridgehead atoms. The van der Waals surface area contributed by atoms with Crippen molar-refractivity contribution in [1.29, 1.82) is 0 Å². The standard InChI is InChI=1S/C18H12Cl2N2O2/c19-12-3-1-11(2-4-12)16-10-9-15(18(24)22-16)17(23)21-14-7-5-13(20)6-8-14/h1-10H,(H,21,23)(H,22,24). The predicted molar refractivity (Wildman–Crippen MR) is 96.9 cm³/mol. The smallest absolute Gasteiger partial charge is 0.261 e. The number of anilines is 1. The van der Waals surface area contributed by atoms with Gasteiger partial charge in [-0.1, -0.05) is 35.3 Å². The predicted octanol–water partition coefficient (Wildman–Crippen LogP) is 4.60. The van der Waals surface area contributed by atoms with Crippen LogP contribution in [0.2, 0.25) is 10.0 Å². The molecule has 0 saturated carbocycles. The van der Waals surface area contributed by atoms with Gasteiger partial charge in [-0.25, -0.2) is 0 Å². The summed E-state index contributed by atoms with van der Waals surface area (Å²) in [4.78, 5) is 27.1. The second-order valence-corrected chi connectivity index (χ2v) is 5.96. The Bertz CT molecular complexity index is 932. The number of aromatic amines is 1. The Morgan fingerprint density at radius 2 is 1.42 bits per heavy atom. The Labute approximate surface area is 148 Å². The van der Waals surface area contributed by atoms with Crippen molar-refractivity contribution in [3.63, 3.8) is 0 Å². The van der Waals surface area contributed by atoms with E-state index in [9.17, 15) is 9.59 Å². The highest BCUT2D eigenvalue weighted by atomic mass is 35.5. The van der Waals surface area contributed by atoms with Gasteiger partial charge >= 0.3 is 0 Å². The third kappa shape index (κ3) is 3.67. The Morgan fingerprint density at radius 1 is 0.833 bits per heavy atom. The zero-order valence-corrected chi connectivity index (χ0v) is 13.9. The van der Waals surface area contributed by atoms with Gasteiger partial charge in [-0.15, -0.1) is 0 Å². The first-order valence-corrected chi connectivity index (χ1v) is 7.85. The topological polar surface area (TPSA) is 62.0 Å². The summed E-state index contributed by atoms with van der Waals surface area (Å²) >= 11 is 11.7. The summed E-state index contributed by atoms with van der Waals surface area (Å²) in [6.45, 7) is 0. The highest BCUT2D eigenvalue weighted by Crippen LogP contribution is 2.19. The average molecular weight is 359 g/mol. The number of amides is 1. The van der Waals surface area contributed by atoms with Crippen molar-refractivity contribution in [3.05, 3.63) is 86.6 Å². The number of aromatic nitrogens is 1. The van der Waals surface area contributed by atoms with E-state index in [0.29, 0.717) is 21.4 Å². The van der Waals surface area contributed by atoms with Crippen molar-refractivity contribution in [2.45, 2.75) is 0 Å². The minimum absolute atomic E-state index is 0.0302. The fourth-order valence-electron chi connectivity index (χ4n) is 2.18. The third-order valence-corrected chi connectivity index (χ3v) is 3.92. The lowest BCUT2D eigenvalue weighted by atomic mass is 10.1. The van der Waals surface area contributed by atoms with Crippen molar-refractivity contribution >= 4 is 34.8 Å². The molecule has 0 saturated heterocycles. The summed E-state index contributed by atoms with van der Waals surface area (Å²) in [5.74, 6) is -0.485. The molecule has 1 aromatic heterocycles. The van der Waals surface area contributed by atoms with Gasteiger partial charge in [0.1, 0.15) is 5.56 Å². The second kappa shape index (κ2) is 6.91.